The second-order valence-corrected chi connectivity index (χ2v) is 5.44. The Labute approximate surface area is 113 Å². The fourth-order valence-electron chi connectivity index (χ4n) is 2.86. The van der Waals surface area contributed by atoms with Crippen molar-refractivity contribution in [1.29, 1.82) is 0 Å². The molecule has 1 unspecified atom stereocenters. The lowest BCUT2D eigenvalue weighted by Crippen LogP contribution is -2.00. The molecule has 0 aliphatic heterocycles. The van der Waals surface area contributed by atoms with E-state index in [1.807, 2.05) is 19.1 Å². The van der Waals surface area contributed by atoms with Gasteiger partial charge in [-0.15, -0.1) is 0 Å². The van der Waals surface area contributed by atoms with Crippen LogP contribution in [0.1, 0.15) is 47.9 Å². The summed E-state index contributed by atoms with van der Waals surface area (Å²) in [5.41, 5.74) is 4.54. The molecule has 0 amide bonds. The Morgan fingerprint density at radius 3 is 3.05 bits per heavy atom. The van der Waals surface area contributed by atoms with Gasteiger partial charge in [-0.25, -0.2) is 0 Å². The van der Waals surface area contributed by atoms with Crippen molar-refractivity contribution in [2.75, 3.05) is 0 Å². The van der Waals surface area contributed by atoms with Gasteiger partial charge in [0.15, 0.2) is 0 Å². The number of hydrogen-bond donors (Lipinski definition) is 1. The van der Waals surface area contributed by atoms with Gasteiger partial charge >= 0.3 is 0 Å². The van der Waals surface area contributed by atoms with Crippen LogP contribution in [0.2, 0.25) is 0 Å². The molecule has 1 aliphatic rings. The first-order valence-electron chi connectivity index (χ1n) is 7.01. The van der Waals surface area contributed by atoms with Crippen LogP contribution in [0.5, 0.6) is 0 Å². The van der Waals surface area contributed by atoms with Gasteiger partial charge < -0.3 is 9.67 Å². The number of aryl methyl sites for hydroxylation is 2. The molecule has 3 heteroatoms. The normalized spacial score (nSPS) is 18.9. The van der Waals surface area contributed by atoms with Crippen LogP contribution in [-0.2, 0) is 13.0 Å². The largest absolute Gasteiger partial charge is 0.388 e. The molecule has 3 rings (SSSR count). The monoisotopic (exact) mass is 256 g/mol. The standard InChI is InChI=1S/C16H20N2O/c1-12-5-4-7-14(17-12)10-18-9-13-6-2-3-8-16(19)15(13)11-18/h4-5,7,9,11,16,19H,2-3,6,8,10H2,1H3. The topological polar surface area (TPSA) is 38.0 Å². The molecule has 19 heavy (non-hydrogen) atoms. The molecule has 100 valence electrons. The van der Waals surface area contributed by atoms with Gasteiger partial charge in [0.2, 0.25) is 0 Å². The summed E-state index contributed by atoms with van der Waals surface area (Å²) in [4.78, 5) is 4.53. The van der Waals surface area contributed by atoms with Gasteiger partial charge in [-0.3, -0.25) is 4.98 Å². The zero-order chi connectivity index (χ0) is 13.2. The maximum atomic E-state index is 10.1. The van der Waals surface area contributed by atoms with E-state index in [0.717, 1.165) is 42.8 Å². The lowest BCUT2D eigenvalue weighted by molar-refractivity contribution is 0.166. The first-order chi connectivity index (χ1) is 9.22. The highest BCUT2D eigenvalue weighted by molar-refractivity contribution is 5.28. The summed E-state index contributed by atoms with van der Waals surface area (Å²) in [6.07, 6.45) is 8.25. The number of pyridine rings is 1. The van der Waals surface area contributed by atoms with Crippen LogP contribution in [0.25, 0.3) is 0 Å². The number of fused-ring (bicyclic) bond motifs is 1. The summed E-state index contributed by atoms with van der Waals surface area (Å²) in [5, 5.41) is 10.1. The van der Waals surface area contributed by atoms with Crippen LogP contribution < -0.4 is 0 Å². The number of aliphatic hydroxyl groups excluding tert-OH is 1. The highest BCUT2D eigenvalue weighted by atomic mass is 16.3. The smallest absolute Gasteiger partial charge is 0.0807 e. The van der Waals surface area contributed by atoms with E-state index < -0.39 is 0 Å². The predicted octanol–water partition coefficient (Wildman–Crippen LogP) is 3.00. The van der Waals surface area contributed by atoms with E-state index >= 15 is 0 Å². The highest BCUT2D eigenvalue weighted by Gasteiger charge is 2.18. The van der Waals surface area contributed by atoms with Crippen molar-refractivity contribution in [2.45, 2.75) is 45.3 Å². The molecule has 0 bridgehead atoms. The van der Waals surface area contributed by atoms with Gasteiger partial charge in [-0.05, 0) is 43.9 Å². The SMILES string of the molecule is Cc1cccc(Cn2cc3c(c2)C(O)CCCC3)n1. The Morgan fingerprint density at radius 1 is 1.32 bits per heavy atom. The highest BCUT2D eigenvalue weighted by Crippen LogP contribution is 2.29. The van der Waals surface area contributed by atoms with Gasteiger partial charge in [-0.1, -0.05) is 12.5 Å². The molecule has 3 nitrogen and oxygen atoms in total. The van der Waals surface area contributed by atoms with Crippen molar-refractivity contribution in [3.8, 4) is 0 Å². The minimum Gasteiger partial charge on any atom is -0.388 e. The molecule has 2 aromatic heterocycles. The Hall–Kier alpha value is -1.61. The van der Waals surface area contributed by atoms with Gasteiger partial charge in [-0.2, -0.15) is 0 Å². The third kappa shape index (κ3) is 2.71. The number of nitrogens with zero attached hydrogens (tertiary/aromatic N) is 2. The van der Waals surface area contributed by atoms with E-state index in [1.54, 1.807) is 0 Å². The van der Waals surface area contributed by atoms with Crippen LogP contribution in [0.15, 0.2) is 30.6 Å². The van der Waals surface area contributed by atoms with Crippen molar-refractivity contribution < 1.29 is 5.11 Å². The van der Waals surface area contributed by atoms with Crippen LogP contribution >= 0.6 is 0 Å². The van der Waals surface area contributed by atoms with Crippen molar-refractivity contribution in [3.63, 3.8) is 0 Å². The first-order valence-corrected chi connectivity index (χ1v) is 7.01. The molecular formula is C16H20N2O. The van der Waals surface area contributed by atoms with Gasteiger partial charge in [0, 0.05) is 23.7 Å². The first kappa shape index (κ1) is 12.4. The minimum absolute atomic E-state index is 0.288. The van der Waals surface area contributed by atoms with Gasteiger partial charge in [0.25, 0.3) is 0 Å². The molecule has 2 heterocycles. The average Bonchev–Trinajstić information content (AvgIpc) is 2.70. The molecule has 0 aromatic carbocycles. The number of aliphatic hydroxyl groups is 1. The quantitative estimate of drug-likeness (QED) is 0.839. The lowest BCUT2D eigenvalue weighted by Gasteiger charge is -2.06. The fourth-order valence-corrected chi connectivity index (χ4v) is 2.86. The Balaban J connectivity index is 1.85. The molecule has 0 fully saturated rings. The van der Waals surface area contributed by atoms with E-state index in [1.165, 1.54) is 12.0 Å². The number of rotatable bonds is 2. The molecule has 0 saturated carbocycles. The molecule has 0 saturated heterocycles. The third-order valence-electron chi connectivity index (χ3n) is 3.82. The van der Waals surface area contributed by atoms with Crippen molar-refractivity contribution in [1.82, 2.24) is 9.55 Å². The Bertz CT molecular complexity index is 574. The molecule has 1 N–H and O–H groups in total. The molecule has 1 atom stereocenters. The number of hydrogen-bond acceptors (Lipinski definition) is 2. The summed E-state index contributed by atoms with van der Waals surface area (Å²) in [6, 6.07) is 6.10. The summed E-state index contributed by atoms with van der Waals surface area (Å²) in [6.45, 7) is 2.79. The Morgan fingerprint density at radius 2 is 2.21 bits per heavy atom. The summed E-state index contributed by atoms with van der Waals surface area (Å²) < 4.78 is 2.15. The van der Waals surface area contributed by atoms with Crippen molar-refractivity contribution in [2.24, 2.45) is 0 Å². The summed E-state index contributed by atoms with van der Waals surface area (Å²) >= 11 is 0. The van der Waals surface area contributed by atoms with Crippen LogP contribution in [0.4, 0.5) is 0 Å². The lowest BCUT2D eigenvalue weighted by atomic mass is 10.1. The van der Waals surface area contributed by atoms with Crippen molar-refractivity contribution >= 4 is 0 Å². The maximum Gasteiger partial charge on any atom is 0.0807 e. The van der Waals surface area contributed by atoms with Crippen LogP contribution in [0, 0.1) is 6.92 Å². The second-order valence-electron chi connectivity index (χ2n) is 5.44. The summed E-state index contributed by atoms with van der Waals surface area (Å²) in [5.74, 6) is 0. The average molecular weight is 256 g/mol. The molecular weight excluding hydrogens is 236 g/mol. The van der Waals surface area contributed by atoms with Crippen LogP contribution in [0.3, 0.4) is 0 Å². The molecule has 2 aromatic rings. The van der Waals surface area contributed by atoms with E-state index in [-0.39, 0.29) is 6.10 Å². The predicted molar refractivity (Wildman–Crippen MR) is 75.0 cm³/mol. The Kier molecular flexibility index (Phi) is 3.38. The van der Waals surface area contributed by atoms with Gasteiger partial charge in [0.1, 0.15) is 0 Å². The zero-order valence-electron chi connectivity index (χ0n) is 11.3. The molecule has 0 spiro atoms. The van der Waals surface area contributed by atoms with E-state index in [4.69, 9.17) is 0 Å². The van der Waals surface area contributed by atoms with Crippen LogP contribution in [-0.4, -0.2) is 14.7 Å². The minimum atomic E-state index is -0.288. The third-order valence-corrected chi connectivity index (χ3v) is 3.82. The maximum absolute atomic E-state index is 10.1. The zero-order valence-corrected chi connectivity index (χ0v) is 11.3. The molecule has 1 aliphatic carbocycles. The van der Waals surface area contributed by atoms with E-state index in [0.29, 0.717) is 0 Å². The number of aromatic nitrogens is 2. The van der Waals surface area contributed by atoms with Crippen molar-refractivity contribution in [3.05, 3.63) is 53.1 Å². The van der Waals surface area contributed by atoms with E-state index in [9.17, 15) is 5.11 Å². The summed E-state index contributed by atoms with van der Waals surface area (Å²) in [7, 11) is 0. The molecule has 0 radical (unpaired) electrons. The second kappa shape index (κ2) is 5.17. The van der Waals surface area contributed by atoms with E-state index in [2.05, 4.69) is 28.0 Å². The fraction of sp³-hybridized carbons (Fsp3) is 0.438. The van der Waals surface area contributed by atoms with Gasteiger partial charge in [0.05, 0.1) is 18.3 Å².